The van der Waals surface area contributed by atoms with Gasteiger partial charge in [0.15, 0.2) is 0 Å². The van der Waals surface area contributed by atoms with Gasteiger partial charge in [0.2, 0.25) is 0 Å². The van der Waals surface area contributed by atoms with Gasteiger partial charge in [0.1, 0.15) is 5.75 Å². The number of anilines is 1. The summed E-state index contributed by atoms with van der Waals surface area (Å²) in [5.41, 5.74) is 0.733. The minimum Gasteiger partial charge on any atom is -0.491 e. The van der Waals surface area contributed by atoms with Crippen molar-refractivity contribution in [2.45, 2.75) is 51.4 Å². The Morgan fingerprint density at radius 1 is 1.33 bits per heavy atom. The van der Waals surface area contributed by atoms with Crippen LogP contribution < -0.4 is 10.1 Å². The van der Waals surface area contributed by atoms with Crippen LogP contribution in [0.15, 0.2) is 18.2 Å². The second kappa shape index (κ2) is 6.76. The second-order valence-electron chi connectivity index (χ2n) is 5.60. The lowest BCUT2D eigenvalue weighted by atomic mass is 10.2. The Morgan fingerprint density at radius 3 is 2.71 bits per heavy atom. The van der Waals surface area contributed by atoms with Crippen LogP contribution in [0.1, 0.15) is 33.1 Å². The predicted octanol–water partition coefficient (Wildman–Crippen LogP) is 3.36. The minimum atomic E-state index is -0.402. The van der Waals surface area contributed by atoms with E-state index in [1.54, 1.807) is 13.2 Å². The normalized spacial score (nSPS) is 21.5. The third-order valence-electron chi connectivity index (χ3n) is 3.58. The molecule has 0 aliphatic heterocycles. The molecule has 0 radical (unpaired) electrons. The topological polar surface area (TPSA) is 73.6 Å². The maximum atomic E-state index is 11.0. The molecule has 1 aliphatic carbocycles. The summed E-state index contributed by atoms with van der Waals surface area (Å²) in [6.45, 7) is 3.79. The fourth-order valence-corrected chi connectivity index (χ4v) is 2.70. The van der Waals surface area contributed by atoms with E-state index in [1.807, 2.05) is 13.8 Å². The van der Waals surface area contributed by atoms with Gasteiger partial charge in [-0.1, -0.05) is 0 Å². The van der Waals surface area contributed by atoms with E-state index in [9.17, 15) is 10.1 Å². The standard InChI is InChI=1S/C15H22N2O4/c1-10(2)21-13-8-11(7-12(9-13)17(18)19)16-14-5-4-6-15(14)20-3/h7-10,14-16H,4-6H2,1-3H3. The van der Waals surface area contributed by atoms with Gasteiger partial charge in [0.05, 0.1) is 29.2 Å². The molecule has 0 heterocycles. The molecule has 0 spiro atoms. The number of nitrogens with one attached hydrogen (secondary N) is 1. The molecule has 1 aliphatic rings. The summed E-state index contributed by atoms with van der Waals surface area (Å²) in [5, 5.41) is 14.4. The molecule has 1 aromatic carbocycles. The maximum Gasteiger partial charge on any atom is 0.275 e. The van der Waals surface area contributed by atoms with Gasteiger partial charge in [0.25, 0.3) is 5.69 Å². The highest BCUT2D eigenvalue weighted by Gasteiger charge is 2.27. The van der Waals surface area contributed by atoms with Gasteiger partial charge in [-0.25, -0.2) is 0 Å². The van der Waals surface area contributed by atoms with E-state index in [0.717, 1.165) is 19.3 Å². The number of methoxy groups -OCH3 is 1. The molecule has 2 unspecified atom stereocenters. The highest BCUT2D eigenvalue weighted by molar-refractivity contribution is 5.57. The van der Waals surface area contributed by atoms with Crippen LogP contribution in [0.5, 0.6) is 5.75 Å². The quantitative estimate of drug-likeness (QED) is 0.643. The molecule has 0 bridgehead atoms. The van der Waals surface area contributed by atoms with Gasteiger partial charge in [-0.15, -0.1) is 0 Å². The number of nitro groups is 1. The third kappa shape index (κ3) is 4.07. The van der Waals surface area contributed by atoms with Gasteiger partial charge < -0.3 is 14.8 Å². The molecule has 6 nitrogen and oxygen atoms in total. The number of hydrogen-bond donors (Lipinski definition) is 1. The summed E-state index contributed by atoms with van der Waals surface area (Å²) in [4.78, 5) is 10.6. The Hall–Kier alpha value is -1.82. The fraction of sp³-hybridized carbons (Fsp3) is 0.600. The van der Waals surface area contributed by atoms with E-state index >= 15 is 0 Å². The van der Waals surface area contributed by atoms with Crippen LogP contribution in [0.3, 0.4) is 0 Å². The summed E-state index contributed by atoms with van der Waals surface area (Å²) in [6, 6.07) is 4.98. The number of hydrogen-bond acceptors (Lipinski definition) is 5. The molecule has 1 saturated carbocycles. The number of ether oxygens (including phenoxy) is 2. The monoisotopic (exact) mass is 294 g/mol. The third-order valence-corrected chi connectivity index (χ3v) is 3.58. The Balaban J connectivity index is 2.21. The number of non-ortho nitro benzene ring substituents is 1. The number of benzene rings is 1. The van der Waals surface area contributed by atoms with Crippen LogP contribution in [-0.4, -0.2) is 30.3 Å². The van der Waals surface area contributed by atoms with Crippen molar-refractivity contribution in [1.29, 1.82) is 0 Å². The van der Waals surface area contributed by atoms with Gasteiger partial charge in [-0.05, 0) is 33.1 Å². The number of nitrogens with zero attached hydrogens (tertiary/aromatic N) is 1. The molecule has 116 valence electrons. The van der Waals surface area contributed by atoms with Crippen LogP contribution in [0.2, 0.25) is 0 Å². The zero-order chi connectivity index (χ0) is 15.4. The van der Waals surface area contributed by atoms with E-state index in [-0.39, 0.29) is 23.9 Å². The Bertz CT molecular complexity index is 504. The van der Waals surface area contributed by atoms with Crippen molar-refractivity contribution in [2.75, 3.05) is 12.4 Å². The van der Waals surface area contributed by atoms with Gasteiger partial charge in [-0.2, -0.15) is 0 Å². The molecule has 21 heavy (non-hydrogen) atoms. The zero-order valence-electron chi connectivity index (χ0n) is 12.7. The van der Waals surface area contributed by atoms with Crippen molar-refractivity contribution in [1.82, 2.24) is 0 Å². The van der Waals surface area contributed by atoms with Crippen LogP contribution in [0.25, 0.3) is 0 Å². The highest BCUT2D eigenvalue weighted by atomic mass is 16.6. The first-order valence-electron chi connectivity index (χ1n) is 7.25. The van der Waals surface area contributed by atoms with Crippen LogP contribution in [-0.2, 0) is 4.74 Å². The van der Waals surface area contributed by atoms with E-state index in [4.69, 9.17) is 9.47 Å². The molecule has 1 fully saturated rings. The lowest BCUT2D eigenvalue weighted by Crippen LogP contribution is -2.29. The molecule has 2 rings (SSSR count). The van der Waals surface area contributed by atoms with Crippen LogP contribution >= 0.6 is 0 Å². The summed E-state index contributed by atoms with van der Waals surface area (Å²) < 4.78 is 11.0. The highest BCUT2D eigenvalue weighted by Crippen LogP contribution is 2.30. The summed E-state index contributed by atoms with van der Waals surface area (Å²) in [6.07, 6.45) is 3.23. The molecule has 6 heteroatoms. The van der Waals surface area contributed by atoms with Crippen molar-refractivity contribution in [3.05, 3.63) is 28.3 Å². The first kappa shape index (κ1) is 15.6. The Kier molecular flexibility index (Phi) is 5.01. The van der Waals surface area contributed by atoms with Gasteiger partial charge in [-0.3, -0.25) is 10.1 Å². The minimum absolute atomic E-state index is 0.0296. The smallest absolute Gasteiger partial charge is 0.275 e. The molecular weight excluding hydrogens is 272 g/mol. The average molecular weight is 294 g/mol. The van der Waals surface area contributed by atoms with Gasteiger partial charge in [0, 0.05) is 24.9 Å². The van der Waals surface area contributed by atoms with E-state index in [0.29, 0.717) is 11.4 Å². The van der Waals surface area contributed by atoms with Gasteiger partial charge >= 0.3 is 0 Å². The lowest BCUT2D eigenvalue weighted by molar-refractivity contribution is -0.384. The molecule has 0 amide bonds. The fourth-order valence-electron chi connectivity index (χ4n) is 2.70. The molecule has 1 N–H and O–H groups in total. The van der Waals surface area contributed by atoms with Crippen molar-refractivity contribution in [3.63, 3.8) is 0 Å². The first-order valence-corrected chi connectivity index (χ1v) is 7.25. The van der Waals surface area contributed by atoms with Crippen molar-refractivity contribution in [3.8, 4) is 5.75 Å². The Labute approximate surface area is 124 Å². The molecule has 0 saturated heterocycles. The second-order valence-corrected chi connectivity index (χ2v) is 5.60. The first-order chi connectivity index (χ1) is 9.99. The van der Waals surface area contributed by atoms with E-state index in [1.165, 1.54) is 12.1 Å². The van der Waals surface area contributed by atoms with Crippen molar-refractivity contribution < 1.29 is 14.4 Å². The molecule has 0 aromatic heterocycles. The van der Waals surface area contributed by atoms with E-state index in [2.05, 4.69) is 5.32 Å². The van der Waals surface area contributed by atoms with E-state index < -0.39 is 4.92 Å². The summed E-state index contributed by atoms with van der Waals surface area (Å²) >= 11 is 0. The maximum absolute atomic E-state index is 11.0. The SMILES string of the molecule is COC1CCCC1Nc1cc(OC(C)C)cc([N+](=O)[O-])c1. The lowest BCUT2D eigenvalue weighted by Gasteiger charge is -2.21. The van der Waals surface area contributed by atoms with Crippen molar-refractivity contribution in [2.24, 2.45) is 0 Å². The van der Waals surface area contributed by atoms with Crippen LogP contribution in [0.4, 0.5) is 11.4 Å². The van der Waals surface area contributed by atoms with Crippen molar-refractivity contribution >= 4 is 11.4 Å². The summed E-state index contributed by atoms with van der Waals surface area (Å²) in [5.74, 6) is 0.508. The largest absolute Gasteiger partial charge is 0.491 e. The van der Waals surface area contributed by atoms with Crippen LogP contribution in [0, 0.1) is 10.1 Å². The summed E-state index contributed by atoms with van der Waals surface area (Å²) in [7, 11) is 1.70. The Morgan fingerprint density at radius 2 is 2.10 bits per heavy atom. The molecule has 1 aromatic rings. The molecule has 2 atom stereocenters. The predicted molar refractivity (Wildman–Crippen MR) is 80.9 cm³/mol. The zero-order valence-corrected chi connectivity index (χ0v) is 12.7. The number of rotatable bonds is 6. The molecular formula is C15H22N2O4. The average Bonchev–Trinajstić information content (AvgIpc) is 2.84. The number of nitro benzene ring substituents is 1.